The largest absolute Gasteiger partial charge is 0.490 e. The lowest BCUT2D eigenvalue weighted by molar-refractivity contribution is 0.104. The van der Waals surface area contributed by atoms with Gasteiger partial charge in [0.15, 0.2) is 0 Å². The predicted octanol–water partition coefficient (Wildman–Crippen LogP) is 6.51. The summed E-state index contributed by atoms with van der Waals surface area (Å²) in [5, 5.41) is 14.0. The van der Waals surface area contributed by atoms with Crippen LogP contribution in [-0.4, -0.2) is 55.4 Å². The number of hydrogen-bond donors (Lipinski definition) is 2. The first-order valence-corrected chi connectivity index (χ1v) is 13.6. The summed E-state index contributed by atoms with van der Waals surface area (Å²) in [5.74, 6) is 0.910. The maximum Gasteiger partial charge on any atom is 0.126 e. The highest BCUT2D eigenvalue weighted by atomic mass is 16.5. The van der Waals surface area contributed by atoms with Gasteiger partial charge in [0.25, 0.3) is 0 Å². The second-order valence-corrected chi connectivity index (χ2v) is 11.7. The number of hydrogen-bond acceptors (Lipinski definition) is 4. The van der Waals surface area contributed by atoms with Crippen molar-refractivity contribution < 1.29 is 9.84 Å². The second kappa shape index (κ2) is 14.0. The van der Waals surface area contributed by atoms with Gasteiger partial charge in [-0.2, -0.15) is 0 Å². The molecule has 0 saturated heterocycles. The first-order chi connectivity index (χ1) is 17.0. The third kappa shape index (κ3) is 9.72. The molecule has 200 valence electrons. The topological polar surface area (TPSA) is 44.7 Å². The Labute approximate surface area is 220 Å². The molecule has 0 bridgehead atoms. The molecule has 0 radical (unpaired) electrons. The quantitative estimate of drug-likeness (QED) is 0.246. The SMILES string of the molecule is CCN(CC)CCCNCC(O)COc1c(C(C)(C)C)cc(/C=C/c2ccccc2)cc1C(C)(C)C. The summed E-state index contributed by atoms with van der Waals surface area (Å²) in [6, 6.07) is 14.9. The summed E-state index contributed by atoms with van der Waals surface area (Å²) in [6.07, 6.45) is 4.86. The molecule has 0 aliphatic heterocycles. The van der Waals surface area contributed by atoms with Crippen LogP contribution < -0.4 is 10.1 Å². The van der Waals surface area contributed by atoms with Crippen molar-refractivity contribution in [1.29, 1.82) is 0 Å². The van der Waals surface area contributed by atoms with Gasteiger partial charge >= 0.3 is 0 Å². The molecule has 0 amide bonds. The second-order valence-electron chi connectivity index (χ2n) is 11.7. The van der Waals surface area contributed by atoms with Crippen molar-refractivity contribution in [1.82, 2.24) is 10.2 Å². The Hall–Kier alpha value is -2.14. The molecular weight excluding hydrogens is 444 g/mol. The number of aliphatic hydroxyl groups excluding tert-OH is 1. The van der Waals surface area contributed by atoms with Gasteiger partial charge in [0, 0.05) is 17.7 Å². The maximum atomic E-state index is 10.7. The minimum atomic E-state index is -0.559. The fourth-order valence-electron chi connectivity index (χ4n) is 4.25. The van der Waals surface area contributed by atoms with E-state index in [0.29, 0.717) is 6.54 Å². The molecule has 4 nitrogen and oxygen atoms in total. The van der Waals surface area contributed by atoms with Crippen molar-refractivity contribution in [3.63, 3.8) is 0 Å². The van der Waals surface area contributed by atoms with Crippen molar-refractivity contribution in [3.8, 4) is 5.75 Å². The Morgan fingerprint density at radius 1 is 0.889 bits per heavy atom. The summed E-state index contributed by atoms with van der Waals surface area (Å²) in [4.78, 5) is 2.42. The van der Waals surface area contributed by atoms with Gasteiger partial charge in [-0.15, -0.1) is 0 Å². The number of benzene rings is 2. The van der Waals surface area contributed by atoms with Gasteiger partial charge in [0.1, 0.15) is 18.5 Å². The van der Waals surface area contributed by atoms with Gasteiger partial charge in [-0.3, -0.25) is 0 Å². The Kier molecular flexibility index (Phi) is 11.7. The highest BCUT2D eigenvalue weighted by Gasteiger charge is 2.28. The van der Waals surface area contributed by atoms with Crippen molar-refractivity contribution in [2.24, 2.45) is 0 Å². The van der Waals surface area contributed by atoms with Crippen LogP contribution in [0.2, 0.25) is 0 Å². The molecule has 0 saturated carbocycles. The zero-order valence-electron chi connectivity index (χ0n) is 24.0. The first-order valence-electron chi connectivity index (χ1n) is 13.6. The molecule has 2 aromatic rings. The van der Waals surface area contributed by atoms with Gasteiger partial charge < -0.3 is 20.1 Å². The van der Waals surface area contributed by atoms with Crippen molar-refractivity contribution in [2.75, 3.05) is 39.3 Å². The van der Waals surface area contributed by atoms with E-state index in [0.717, 1.165) is 43.9 Å². The van der Waals surface area contributed by atoms with E-state index in [1.54, 1.807) is 0 Å². The Morgan fingerprint density at radius 3 is 1.97 bits per heavy atom. The fourth-order valence-corrected chi connectivity index (χ4v) is 4.25. The van der Waals surface area contributed by atoms with E-state index in [1.807, 2.05) is 6.07 Å². The molecular formula is C32H50N2O2. The molecule has 2 N–H and O–H groups in total. The van der Waals surface area contributed by atoms with Crippen LogP contribution in [0, 0.1) is 0 Å². The summed E-state index contributed by atoms with van der Waals surface area (Å²) in [7, 11) is 0. The molecule has 0 fully saturated rings. The zero-order valence-corrected chi connectivity index (χ0v) is 24.0. The summed E-state index contributed by atoms with van der Waals surface area (Å²) >= 11 is 0. The monoisotopic (exact) mass is 494 g/mol. The highest BCUT2D eigenvalue weighted by Crippen LogP contribution is 2.41. The van der Waals surface area contributed by atoms with Gasteiger partial charge in [0.05, 0.1) is 0 Å². The normalized spacial score (nSPS) is 13.5. The fraction of sp³-hybridized carbons (Fsp3) is 0.562. The van der Waals surface area contributed by atoms with Gasteiger partial charge in [-0.1, -0.05) is 97.9 Å². The Morgan fingerprint density at radius 2 is 1.44 bits per heavy atom. The van der Waals surface area contributed by atoms with Crippen LogP contribution in [0.15, 0.2) is 42.5 Å². The van der Waals surface area contributed by atoms with Crippen LogP contribution in [0.25, 0.3) is 12.2 Å². The van der Waals surface area contributed by atoms with E-state index in [1.165, 1.54) is 16.7 Å². The van der Waals surface area contributed by atoms with Crippen molar-refractivity contribution >= 4 is 12.2 Å². The van der Waals surface area contributed by atoms with Crippen LogP contribution in [-0.2, 0) is 10.8 Å². The van der Waals surface area contributed by atoms with Gasteiger partial charge in [0.2, 0.25) is 0 Å². The molecule has 0 aliphatic carbocycles. The lowest BCUT2D eigenvalue weighted by Crippen LogP contribution is -2.34. The standard InChI is InChI=1S/C32H50N2O2/c1-9-34(10-2)20-14-19-33-23-27(35)24-36-30-28(31(3,4)5)21-26(22-29(30)32(6,7)8)18-17-25-15-12-11-13-16-25/h11-13,15-18,21-22,27,33,35H,9-10,14,19-20,23-24H2,1-8H3/b18-17+. The van der Waals surface area contributed by atoms with E-state index >= 15 is 0 Å². The number of rotatable bonds is 13. The lowest BCUT2D eigenvalue weighted by Gasteiger charge is -2.31. The average molecular weight is 495 g/mol. The van der Waals surface area contributed by atoms with Crippen molar-refractivity contribution in [3.05, 3.63) is 64.7 Å². The Bertz CT molecular complexity index is 900. The van der Waals surface area contributed by atoms with Gasteiger partial charge in [-0.25, -0.2) is 0 Å². The Balaban J connectivity index is 2.17. The molecule has 2 rings (SSSR count). The van der Waals surface area contributed by atoms with E-state index in [-0.39, 0.29) is 17.4 Å². The van der Waals surface area contributed by atoms with Crippen LogP contribution in [0.3, 0.4) is 0 Å². The third-order valence-electron chi connectivity index (χ3n) is 6.52. The van der Waals surface area contributed by atoms with E-state index < -0.39 is 6.10 Å². The molecule has 0 spiro atoms. The van der Waals surface area contributed by atoms with E-state index in [4.69, 9.17) is 4.74 Å². The van der Waals surface area contributed by atoms with Crippen molar-refractivity contribution in [2.45, 2.75) is 78.7 Å². The number of nitrogens with one attached hydrogen (secondary N) is 1. The summed E-state index contributed by atoms with van der Waals surface area (Å²) in [5.41, 5.74) is 4.49. The smallest absolute Gasteiger partial charge is 0.126 e. The molecule has 0 aliphatic rings. The first kappa shape index (κ1) is 30.1. The molecule has 36 heavy (non-hydrogen) atoms. The maximum absolute atomic E-state index is 10.7. The summed E-state index contributed by atoms with van der Waals surface area (Å²) in [6.45, 7) is 22.7. The molecule has 1 unspecified atom stereocenters. The minimum Gasteiger partial charge on any atom is -0.490 e. The van der Waals surface area contributed by atoms with Crippen LogP contribution in [0.1, 0.15) is 84.1 Å². The summed E-state index contributed by atoms with van der Waals surface area (Å²) < 4.78 is 6.41. The van der Waals surface area contributed by atoms with E-state index in [2.05, 4.69) is 114 Å². The number of aliphatic hydroxyl groups is 1. The number of nitrogens with zero attached hydrogens (tertiary/aromatic N) is 1. The predicted molar refractivity (Wildman–Crippen MR) is 156 cm³/mol. The van der Waals surface area contributed by atoms with Crippen LogP contribution >= 0.6 is 0 Å². The van der Waals surface area contributed by atoms with Gasteiger partial charge in [-0.05, 0) is 66.7 Å². The molecule has 0 aromatic heterocycles. The lowest BCUT2D eigenvalue weighted by atomic mass is 9.78. The van der Waals surface area contributed by atoms with Crippen LogP contribution in [0.4, 0.5) is 0 Å². The number of ether oxygens (including phenoxy) is 1. The van der Waals surface area contributed by atoms with Crippen LogP contribution in [0.5, 0.6) is 5.75 Å². The molecule has 4 heteroatoms. The van der Waals surface area contributed by atoms with E-state index in [9.17, 15) is 5.11 Å². The molecule has 1 atom stereocenters. The molecule has 0 heterocycles. The molecule has 2 aromatic carbocycles. The highest BCUT2D eigenvalue weighted by molar-refractivity contribution is 5.71. The minimum absolute atomic E-state index is 0.0977. The average Bonchev–Trinajstić information content (AvgIpc) is 2.83. The third-order valence-corrected chi connectivity index (χ3v) is 6.52. The zero-order chi connectivity index (χ0) is 26.8.